The summed E-state index contributed by atoms with van der Waals surface area (Å²) < 4.78 is 15.6. The quantitative estimate of drug-likeness (QED) is 0.770. The minimum atomic E-state index is -0.491. The molecule has 1 N–H and O–H groups in total. The molecule has 110 valence electrons. The Morgan fingerprint density at radius 2 is 2.26 bits per heavy atom. The van der Waals surface area contributed by atoms with E-state index in [0.29, 0.717) is 6.04 Å². The maximum atomic E-state index is 12.7. The van der Waals surface area contributed by atoms with Crippen LogP contribution in [0, 0.1) is 0 Å². The Labute approximate surface area is 114 Å². The summed E-state index contributed by atoms with van der Waals surface area (Å²) in [5, 5.41) is 3.06. The number of hydrogen-bond donors (Lipinski definition) is 1. The van der Waals surface area contributed by atoms with Gasteiger partial charge in [-0.25, -0.2) is 0 Å². The van der Waals surface area contributed by atoms with Crippen LogP contribution in [-0.2, 0) is 19.0 Å². The number of rotatable bonds is 6. The minimum Gasteiger partial charge on any atom is -0.380 e. The highest BCUT2D eigenvalue weighted by atomic mass is 16.9. The van der Waals surface area contributed by atoms with E-state index in [2.05, 4.69) is 12.2 Å². The van der Waals surface area contributed by atoms with E-state index in [-0.39, 0.29) is 18.8 Å². The van der Waals surface area contributed by atoms with Crippen LogP contribution < -0.4 is 5.32 Å². The van der Waals surface area contributed by atoms with Gasteiger partial charge in [0.25, 0.3) is 0 Å². The summed E-state index contributed by atoms with van der Waals surface area (Å²) >= 11 is 0. The van der Waals surface area contributed by atoms with Crippen molar-refractivity contribution in [2.45, 2.75) is 57.7 Å². The molecule has 2 rings (SSSR count). The van der Waals surface area contributed by atoms with Gasteiger partial charge >= 0.3 is 0 Å². The maximum absolute atomic E-state index is 12.7. The molecule has 0 aromatic carbocycles. The molecule has 6 nitrogen and oxygen atoms in total. The summed E-state index contributed by atoms with van der Waals surface area (Å²) in [6, 6.07) is -0.0773. The van der Waals surface area contributed by atoms with Crippen molar-refractivity contribution in [2.75, 3.05) is 20.4 Å². The molecule has 3 atom stereocenters. The standard InChI is InChI=1S/C13H24N2O4/c1-4-10-6-5-7-15(10)12(16)11(9(2)17-3)14-13-18-8-19-13/h9-11,13-14H,4-8H2,1-3H3/t9-,10-,11+/m1/s1. The van der Waals surface area contributed by atoms with Crippen molar-refractivity contribution < 1.29 is 19.0 Å². The molecule has 0 aromatic heterocycles. The molecule has 2 fully saturated rings. The zero-order valence-electron chi connectivity index (χ0n) is 11.9. The summed E-state index contributed by atoms with van der Waals surface area (Å²) in [6.07, 6.45) is 2.45. The fourth-order valence-corrected chi connectivity index (χ4v) is 2.65. The molecule has 0 bridgehead atoms. The molecule has 1 amide bonds. The van der Waals surface area contributed by atoms with E-state index in [1.54, 1.807) is 7.11 Å². The van der Waals surface area contributed by atoms with Crippen molar-refractivity contribution in [1.82, 2.24) is 10.2 Å². The zero-order valence-corrected chi connectivity index (χ0v) is 11.9. The molecule has 0 spiro atoms. The van der Waals surface area contributed by atoms with E-state index in [0.717, 1.165) is 25.8 Å². The summed E-state index contributed by atoms with van der Waals surface area (Å²) in [7, 11) is 1.61. The Hall–Kier alpha value is -0.690. The van der Waals surface area contributed by atoms with Crippen LogP contribution in [0.1, 0.15) is 33.1 Å². The molecular weight excluding hydrogens is 248 g/mol. The van der Waals surface area contributed by atoms with Crippen molar-refractivity contribution >= 4 is 5.91 Å². The predicted molar refractivity (Wildman–Crippen MR) is 69.2 cm³/mol. The van der Waals surface area contributed by atoms with E-state index in [4.69, 9.17) is 14.2 Å². The maximum Gasteiger partial charge on any atom is 0.242 e. The third kappa shape index (κ3) is 3.25. The number of carbonyl (C=O) groups is 1. The Morgan fingerprint density at radius 1 is 1.53 bits per heavy atom. The molecule has 0 aliphatic carbocycles. The first-order valence-electron chi connectivity index (χ1n) is 7.00. The van der Waals surface area contributed by atoms with Gasteiger partial charge < -0.3 is 19.1 Å². The smallest absolute Gasteiger partial charge is 0.242 e. The number of amides is 1. The van der Waals surface area contributed by atoms with Crippen molar-refractivity contribution in [3.63, 3.8) is 0 Å². The molecule has 2 aliphatic heterocycles. The highest BCUT2D eigenvalue weighted by molar-refractivity contribution is 5.83. The Balaban J connectivity index is 2.01. The first-order valence-corrected chi connectivity index (χ1v) is 7.00. The molecule has 2 saturated heterocycles. The van der Waals surface area contributed by atoms with Gasteiger partial charge in [0.2, 0.25) is 12.3 Å². The number of ether oxygens (including phenoxy) is 3. The Kier molecular flexibility index (Phi) is 5.15. The molecule has 0 unspecified atom stereocenters. The highest BCUT2D eigenvalue weighted by Crippen LogP contribution is 2.22. The van der Waals surface area contributed by atoms with Crippen LogP contribution in [0.4, 0.5) is 0 Å². The minimum absolute atomic E-state index is 0.0813. The third-order valence-electron chi connectivity index (χ3n) is 3.99. The molecule has 2 aliphatic rings. The van der Waals surface area contributed by atoms with Gasteiger partial charge in [-0.2, -0.15) is 0 Å². The number of hydrogen-bond acceptors (Lipinski definition) is 5. The van der Waals surface area contributed by atoms with Gasteiger partial charge in [0, 0.05) is 19.7 Å². The lowest BCUT2D eigenvalue weighted by Crippen LogP contribution is -2.59. The SMILES string of the molecule is CC[C@@H]1CCCN1C(=O)[C@@H](NC1OCO1)[C@@H](C)OC. The van der Waals surface area contributed by atoms with E-state index >= 15 is 0 Å². The van der Waals surface area contributed by atoms with Crippen molar-refractivity contribution in [3.05, 3.63) is 0 Å². The number of nitrogens with one attached hydrogen (secondary N) is 1. The largest absolute Gasteiger partial charge is 0.380 e. The summed E-state index contributed by atoms with van der Waals surface area (Å²) in [5.41, 5.74) is 0. The summed E-state index contributed by atoms with van der Waals surface area (Å²) in [6.45, 7) is 5.11. The summed E-state index contributed by atoms with van der Waals surface area (Å²) in [5.74, 6) is 0.0813. The second kappa shape index (κ2) is 6.65. The van der Waals surface area contributed by atoms with Crippen molar-refractivity contribution in [3.8, 4) is 0 Å². The zero-order chi connectivity index (χ0) is 13.8. The van der Waals surface area contributed by atoms with Crippen LogP contribution in [0.25, 0.3) is 0 Å². The highest BCUT2D eigenvalue weighted by Gasteiger charge is 2.37. The van der Waals surface area contributed by atoms with E-state index in [1.807, 2.05) is 11.8 Å². The van der Waals surface area contributed by atoms with Crippen molar-refractivity contribution in [2.24, 2.45) is 0 Å². The molecule has 0 saturated carbocycles. The average Bonchev–Trinajstić information content (AvgIpc) is 2.84. The lowest BCUT2D eigenvalue weighted by Gasteiger charge is -2.36. The normalized spacial score (nSPS) is 27.1. The number of likely N-dealkylation sites (tertiary alicyclic amines) is 1. The van der Waals surface area contributed by atoms with Crippen molar-refractivity contribution in [1.29, 1.82) is 0 Å². The van der Waals surface area contributed by atoms with Gasteiger partial charge in [-0.15, -0.1) is 0 Å². The molecular formula is C13H24N2O4. The fourth-order valence-electron chi connectivity index (χ4n) is 2.65. The predicted octanol–water partition coefficient (Wildman–Crippen LogP) is 0.668. The van der Waals surface area contributed by atoms with Crippen LogP contribution in [0.15, 0.2) is 0 Å². The van der Waals surface area contributed by atoms with Gasteiger partial charge in [0.15, 0.2) is 6.79 Å². The van der Waals surface area contributed by atoms with E-state index < -0.39 is 12.5 Å². The number of methoxy groups -OCH3 is 1. The second-order valence-corrected chi connectivity index (χ2v) is 5.10. The van der Waals surface area contributed by atoms with Gasteiger partial charge in [-0.3, -0.25) is 10.1 Å². The van der Waals surface area contributed by atoms with Crippen LogP contribution >= 0.6 is 0 Å². The fraction of sp³-hybridized carbons (Fsp3) is 0.923. The second-order valence-electron chi connectivity index (χ2n) is 5.10. The van der Waals surface area contributed by atoms with Gasteiger partial charge in [-0.05, 0) is 26.2 Å². The van der Waals surface area contributed by atoms with Crippen LogP contribution in [0.5, 0.6) is 0 Å². The third-order valence-corrected chi connectivity index (χ3v) is 3.99. The number of nitrogens with zero attached hydrogens (tertiary/aromatic N) is 1. The molecule has 0 aromatic rings. The lowest BCUT2D eigenvalue weighted by molar-refractivity contribution is -0.336. The number of carbonyl (C=O) groups excluding carboxylic acids is 1. The van der Waals surface area contributed by atoms with Gasteiger partial charge in [-0.1, -0.05) is 6.92 Å². The first kappa shape index (κ1) is 14.7. The van der Waals surface area contributed by atoms with Crippen LogP contribution in [0.2, 0.25) is 0 Å². The molecule has 6 heteroatoms. The van der Waals surface area contributed by atoms with E-state index in [1.165, 1.54) is 0 Å². The lowest BCUT2D eigenvalue weighted by atomic mass is 10.1. The molecule has 2 heterocycles. The van der Waals surface area contributed by atoms with Crippen LogP contribution in [0.3, 0.4) is 0 Å². The Bertz CT molecular complexity index is 309. The average molecular weight is 272 g/mol. The van der Waals surface area contributed by atoms with Gasteiger partial charge in [0.1, 0.15) is 6.04 Å². The summed E-state index contributed by atoms with van der Waals surface area (Å²) in [4.78, 5) is 14.6. The van der Waals surface area contributed by atoms with E-state index in [9.17, 15) is 4.79 Å². The monoisotopic (exact) mass is 272 g/mol. The molecule has 19 heavy (non-hydrogen) atoms. The Morgan fingerprint density at radius 3 is 2.79 bits per heavy atom. The molecule has 0 radical (unpaired) electrons. The van der Waals surface area contributed by atoms with Gasteiger partial charge in [0.05, 0.1) is 6.10 Å². The first-order chi connectivity index (χ1) is 9.17. The topological polar surface area (TPSA) is 60.0 Å². The van der Waals surface area contributed by atoms with Crippen LogP contribution in [-0.4, -0.2) is 55.9 Å².